The number of nitrogens with zero attached hydrogens (tertiary/aromatic N) is 5. The molecular weight excluding hydrogens is 336 g/mol. The van der Waals surface area contributed by atoms with Gasteiger partial charge in [-0.25, -0.2) is 9.97 Å². The quantitative estimate of drug-likeness (QED) is 0.665. The second-order valence-electron chi connectivity index (χ2n) is 7.62. The first-order valence-electron chi connectivity index (χ1n) is 9.55. The number of aryl methyl sites for hydroxylation is 1. The van der Waals surface area contributed by atoms with Crippen molar-refractivity contribution in [2.75, 3.05) is 44.7 Å². The molecule has 1 N–H and O–H groups in total. The number of guanidine groups is 1. The van der Waals surface area contributed by atoms with E-state index in [2.05, 4.69) is 75.1 Å². The minimum absolute atomic E-state index is 0.0288. The molecule has 0 bridgehead atoms. The third kappa shape index (κ3) is 4.56. The van der Waals surface area contributed by atoms with Gasteiger partial charge in [0, 0.05) is 57.6 Å². The maximum absolute atomic E-state index is 4.51. The van der Waals surface area contributed by atoms with Gasteiger partial charge >= 0.3 is 0 Å². The second-order valence-corrected chi connectivity index (χ2v) is 7.62. The number of aromatic nitrogens is 2. The van der Waals surface area contributed by atoms with Gasteiger partial charge < -0.3 is 15.1 Å². The van der Waals surface area contributed by atoms with Crippen molar-refractivity contribution < 1.29 is 0 Å². The lowest BCUT2D eigenvalue weighted by atomic mass is 9.82. The van der Waals surface area contributed by atoms with Crippen molar-refractivity contribution in [3.8, 4) is 0 Å². The molecule has 0 spiro atoms. The third-order valence-corrected chi connectivity index (χ3v) is 5.19. The summed E-state index contributed by atoms with van der Waals surface area (Å²) in [6.45, 7) is 11.2. The van der Waals surface area contributed by atoms with E-state index in [1.807, 2.05) is 13.1 Å². The average molecular weight is 367 g/mol. The molecule has 3 rings (SSSR count). The number of hydrogen-bond donors (Lipinski definition) is 1. The van der Waals surface area contributed by atoms with Gasteiger partial charge in [0.25, 0.3) is 0 Å². The number of piperazine rings is 1. The molecule has 6 nitrogen and oxygen atoms in total. The Kier molecular flexibility index (Phi) is 5.94. The van der Waals surface area contributed by atoms with Gasteiger partial charge in [0.2, 0.25) is 5.95 Å². The van der Waals surface area contributed by atoms with E-state index in [9.17, 15) is 0 Å². The van der Waals surface area contributed by atoms with Crippen molar-refractivity contribution in [2.45, 2.75) is 26.2 Å². The number of aliphatic imine (C=N–C) groups is 1. The van der Waals surface area contributed by atoms with Crippen LogP contribution >= 0.6 is 0 Å². The molecule has 1 saturated heterocycles. The Bertz CT molecular complexity index is 763. The highest BCUT2D eigenvalue weighted by atomic mass is 15.4. The van der Waals surface area contributed by atoms with Gasteiger partial charge in [0.05, 0.1) is 0 Å². The minimum atomic E-state index is 0.0288. The van der Waals surface area contributed by atoms with Gasteiger partial charge in [-0.15, -0.1) is 0 Å². The van der Waals surface area contributed by atoms with Crippen LogP contribution in [0.4, 0.5) is 5.95 Å². The van der Waals surface area contributed by atoms with Crippen LogP contribution in [0.1, 0.15) is 25.0 Å². The monoisotopic (exact) mass is 366 g/mol. The van der Waals surface area contributed by atoms with Crippen molar-refractivity contribution in [3.63, 3.8) is 0 Å². The van der Waals surface area contributed by atoms with E-state index >= 15 is 0 Å². The smallest absolute Gasteiger partial charge is 0.225 e. The minimum Gasteiger partial charge on any atom is -0.355 e. The van der Waals surface area contributed by atoms with Crippen molar-refractivity contribution in [2.24, 2.45) is 4.99 Å². The van der Waals surface area contributed by atoms with E-state index in [4.69, 9.17) is 0 Å². The largest absolute Gasteiger partial charge is 0.355 e. The Morgan fingerprint density at radius 2 is 1.74 bits per heavy atom. The van der Waals surface area contributed by atoms with Crippen molar-refractivity contribution >= 4 is 11.9 Å². The molecule has 27 heavy (non-hydrogen) atoms. The average Bonchev–Trinajstić information content (AvgIpc) is 2.70. The first-order chi connectivity index (χ1) is 13.0. The maximum atomic E-state index is 4.51. The SMILES string of the molecule is CN=C(NCC(C)(C)c1ccccc1C)N1CCN(c2ncccn2)CC1. The zero-order valence-electron chi connectivity index (χ0n) is 16.8. The summed E-state index contributed by atoms with van der Waals surface area (Å²) in [5.41, 5.74) is 2.73. The summed E-state index contributed by atoms with van der Waals surface area (Å²) in [4.78, 5) is 17.8. The Balaban J connectivity index is 1.58. The van der Waals surface area contributed by atoms with Gasteiger partial charge in [0.15, 0.2) is 5.96 Å². The van der Waals surface area contributed by atoms with E-state index in [1.165, 1.54) is 11.1 Å². The number of rotatable bonds is 4. The third-order valence-electron chi connectivity index (χ3n) is 5.19. The maximum Gasteiger partial charge on any atom is 0.225 e. The molecule has 0 unspecified atom stereocenters. The van der Waals surface area contributed by atoms with Crippen LogP contribution in [0.15, 0.2) is 47.7 Å². The van der Waals surface area contributed by atoms with E-state index in [-0.39, 0.29) is 5.41 Å². The van der Waals surface area contributed by atoms with Gasteiger partial charge in [-0.05, 0) is 24.1 Å². The molecule has 2 heterocycles. The van der Waals surface area contributed by atoms with E-state index in [0.29, 0.717) is 0 Å². The second kappa shape index (κ2) is 8.37. The summed E-state index contributed by atoms with van der Waals surface area (Å²) >= 11 is 0. The van der Waals surface area contributed by atoms with E-state index in [1.54, 1.807) is 12.4 Å². The fourth-order valence-electron chi connectivity index (χ4n) is 3.63. The van der Waals surface area contributed by atoms with Crippen molar-refractivity contribution in [3.05, 3.63) is 53.9 Å². The summed E-state index contributed by atoms with van der Waals surface area (Å²) < 4.78 is 0. The van der Waals surface area contributed by atoms with Crippen LogP contribution < -0.4 is 10.2 Å². The van der Waals surface area contributed by atoms with Crippen LogP contribution in [-0.2, 0) is 5.41 Å². The Morgan fingerprint density at radius 1 is 1.07 bits per heavy atom. The lowest BCUT2D eigenvalue weighted by Crippen LogP contribution is -2.54. The molecule has 1 aliphatic rings. The normalized spacial score (nSPS) is 15.8. The lowest BCUT2D eigenvalue weighted by molar-refractivity contribution is 0.364. The highest BCUT2D eigenvalue weighted by Gasteiger charge is 2.25. The lowest BCUT2D eigenvalue weighted by Gasteiger charge is -2.37. The summed E-state index contributed by atoms with van der Waals surface area (Å²) in [5, 5.41) is 3.59. The van der Waals surface area contributed by atoms with Crippen LogP contribution in [0.25, 0.3) is 0 Å². The number of nitrogens with one attached hydrogen (secondary N) is 1. The first kappa shape index (κ1) is 19.1. The predicted molar refractivity (Wildman–Crippen MR) is 111 cm³/mol. The van der Waals surface area contributed by atoms with E-state index < -0.39 is 0 Å². The van der Waals surface area contributed by atoms with Crippen LogP contribution in [0.3, 0.4) is 0 Å². The standard InChI is InChI=1S/C21H30N6/c1-17-8-5-6-9-18(17)21(2,3)16-25-19(22-4)26-12-14-27(15-13-26)20-23-10-7-11-24-20/h5-11H,12-16H2,1-4H3,(H,22,25). The van der Waals surface area contributed by atoms with Crippen molar-refractivity contribution in [1.29, 1.82) is 0 Å². The zero-order valence-corrected chi connectivity index (χ0v) is 16.8. The molecule has 0 radical (unpaired) electrons. The summed E-state index contributed by atoms with van der Waals surface area (Å²) in [6.07, 6.45) is 3.59. The van der Waals surface area contributed by atoms with Crippen LogP contribution in [0.2, 0.25) is 0 Å². The molecule has 1 aliphatic heterocycles. The molecule has 6 heteroatoms. The molecule has 144 valence electrons. The number of anilines is 1. The highest BCUT2D eigenvalue weighted by molar-refractivity contribution is 5.80. The molecular formula is C21H30N6. The number of hydrogen-bond acceptors (Lipinski definition) is 4. The van der Waals surface area contributed by atoms with Gasteiger partial charge in [-0.2, -0.15) is 0 Å². The summed E-state index contributed by atoms with van der Waals surface area (Å²) in [6, 6.07) is 10.5. The Hall–Kier alpha value is -2.63. The van der Waals surface area contributed by atoms with Gasteiger partial charge in [0.1, 0.15) is 0 Å². The molecule has 0 atom stereocenters. The summed E-state index contributed by atoms with van der Waals surface area (Å²) in [7, 11) is 1.86. The zero-order chi connectivity index (χ0) is 19.3. The molecule has 0 saturated carbocycles. The Labute approximate surface area is 162 Å². The molecule has 0 amide bonds. The first-order valence-corrected chi connectivity index (χ1v) is 9.55. The fourth-order valence-corrected chi connectivity index (χ4v) is 3.63. The number of benzene rings is 1. The highest BCUT2D eigenvalue weighted by Crippen LogP contribution is 2.25. The molecule has 1 aromatic heterocycles. The summed E-state index contributed by atoms with van der Waals surface area (Å²) in [5.74, 6) is 1.77. The molecule has 2 aromatic rings. The molecule has 1 aromatic carbocycles. The molecule has 0 aliphatic carbocycles. The van der Waals surface area contributed by atoms with Crippen LogP contribution in [0.5, 0.6) is 0 Å². The van der Waals surface area contributed by atoms with Crippen LogP contribution in [-0.4, -0.2) is 60.6 Å². The van der Waals surface area contributed by atoms with Crippen molar-refractivity contribution in [1.82, 2.24) is 20.2 Å². The van der Waals surface area contributed by atoms with Crippen LogP contribution in [0, 0.1) is 6.92 Å². The molecule has 1 fully saturated rings. The van der Waals surface area contributed by atoms with Gasteiger partial charge in [-0.3, -0.25) is 4.99 Å². The van der Waals surface area contributed by atoms with E-state index in [0.717, 1.165) is 44.6 Å². The van der Waals surface area contributed by atoms with Gasteiger partial charge in [-0.1, -0.05) is 38.1 Å². The topological polar surface area (TPSA) is 56.7 Å². The predicted octanol–water partition coefficient (Wildman–Crippen LogP) is 2.46. The Morgan fingerprint density at radius 3 is 2.37 bits per heavy atom. The fraction of sp³-hybridized carbons (Fsp3) is 0.476.